The van der Waals surface area contributed by atoms with E-state index in [1.807, 2.05) is 0 Å². The van der Waals surface area contributed by atoms with Crippen LogP contribution in [-0.2, 0) is 4.74 Å². The van der Waals surface area contributed by atoms with Gasteiger partial charge in [-0.25, -0.2) is 0 Å². The summed E-state index contributed by atoms with van der Waals surface area (Å²) in [6.45, 7) is 4.85. The van der Waals surface area contributed by atoms with Gasteiger partial charge in [0.25, 0.3) is 0 Å². The van der Waals surface area contributed by atoms with Crippen LogP contribution in [0.15, 0.2) is 0 Å². The van der Waals surface area contributed by atoms with Gasteiger partial charge in [-0.05, 0) is 50.5 Å². The number of ether oxygens (including phenoxy) is 1. The van der Waals surface area contributed by atoms with Gasteiger partial charge < -0.3 is 4.74 Å². The van der Waals surface area contributed by atoms with E-state index in [0.717, 1.165) is 18.9 Å². The van der Waals surface area contributed by atoms with Crippen LogP contribution in [0.1, 0.15) is 33.1 Å². The lowest BCUT2D eigenvalue weighted by atomic mass is 9.95. The van der Waals surface area contributed by atoms with Crippen molar-refractivity contribution in [2.45, 2.75) is 45.3 Å². The number of hydrogen-bond acceptors (Lipinski definition) is 4. The summed E-state index contributed by atoms with van der Waals surface area (Å²) in [4.78, 5) is 0. The molecule has 1 atom stereocenters. The number of hydrazine groups is 1. The lowest BCUT2D eigenvalue weighted by molar-refractivity contribution is 0.0556. The molecule has 4 heteroatoms. The van der Waals surface area contributed by atoms with E-state index in [2.05, 4.69) is 31.0 Å². The van der Waals surface area contributed by atoms with Gasteiger partial charge in [-0.1, -0.05) is 0 Å². The third kappa shape index (κ3) is 5.76. The first kappa shape index (κ1) is 13.3. The van der Waals surface area contributed by atoms with E-state index < -0.39 is 0 Å². The number of nitrogens with one attached hydrogen (secondary N) is 1. The quantitative estimate of drug-likeness (QED) is 0.541. The second kappa shape index (κ2) is 7.49. The Morgan fingerprint density at radius 1 is 1.40 bits per heavy atom. The van der Waals surface area contributed by atoms with Gasteiger partial charge in [0.1, 0.15) is 0 Å². The summed E-state index contributed by atoms with van der Waals surface area (Å²) in [7, 11) is 0. The average molecular weight is 232 g/mol. The molecule has 1 heterocycles. The number of thioether (sulfide) groups is 1. The van der Waals surface area contributed by atoms with E-state index in [0.29, 0.717) is 12.1 Å². The second-order valence-electron chi connectivity index (χ2n) is 4.54. The van der Waals surface area contributed by atoms with Crippen molar-refractivity contribution in [3.05, 3.63) is 0 Å². The molecule has 1 saturated heterocycles. The minimum Gasteiger partial charge on any atom is -0.377 e. The molecular weight excluding hydrogens is 208 g/mol. The fraction of sp³-hybridized carbons (Fsp3) is 1.00. The van der Waals surface area contributed by atoms with Gasteiger partial charge in [0, 0.05) is 6.04 Å². The molecule has 0 saturated carbocycles. The molecule has 3 nitrogen and oxygen atoms in total. The van der Waals surface area contributed by atoms with E-state index in [4.69, 9.17) is 10.6 Å². The van der Waals surface area contributed by atoms with Gasteiger partial charge in [-0.15, -0.1) is 0 Å². The van der Waals surface area contributed by atoms with E-state index in [-0.39, 0.29) is 0 Å². The van der Waals surface area contributed by atoms with Crippen LogP contribution in [0.25, 0.3) is 0 Å². The highest BCUT2D eigenvalue weighted by Gasteiger charge is 2.18. The third-order valence-electron chi connectivity index (χ3n) is 2.83. The van der Waals surface area contributed by atoms with Crippen LogP contribution in [0.5, 0.6) is 0 Å². The lowest BCUT2D eigenvalue weighted by Crippen LogP contribution is -2.41. The first-order valence-electron chi connectivity index (χ1n) is 5.88. The molecule has 15 heavy (non-hydrogen) atoms. The Morgan fingerprint density at radius 2 is 2.07 bits per heavy atom. The summed E-state index contributed by atoms with van der Waals surface area (Å²) >= 11 is 2.07. The molecule has 0 aromatic heterocycles. The molecule has 1 fully saturated rings. The van der Waals surface area contributed by atoms with Crippen LogP contribution in [0.2, 0.25) is 0 Å². The smallest absolute Gasteiger partial charge is 0.0636 e. The molecule has 0 radical (unpaired) electrons. The molecule has 0 aliphatic carbocycles. The van der Waals surface area contributed by atoms with Crippen LogP contribution in [0.4, 0.5) is 0 Å². The van der Waals surface area contributed by atoms with Gasteiger partial charge in [0.15, 0.2) is 0 Å². The van der Waals surface area contributed by atoms with Crippen molar-refractivity contribution in [1.82, 2.24) is 5.43 Å². The van der Waals surface area contributed by atoms with Crippen LogP contribution in [0.3, 0.4) is 0 Å². The van der Waals surface area contributed by atoms with Gasteiger partial charge >= 0.3 is 0 Å². The molecular formula is C11H24N2OS. The highest BCUT2D eigenvalue weighted by Crippen LogP contribution is 2.26. The predicted octanol–water partition coefficient (Wildman–Crippen LogP) is 1.78. The first-order valence-corrected chi connectivity index (χ1v) is 7.03. The molecule has 0 amide bonds. The van der Waals surface area contributed by atoms with Gasteiger partial charge in [-0.3, -0.25) is 11.3 Å². The molecule has 1 aliphatic rings. The molecule has 1 unspecified atom stereocenters. The SMILES string of the molecule is CC(C)OCC(CC1CCSCC1)NN. The Kier molecular flexibility index (Phi) is 6.64. The van der Waals surface area contributed by atoms with Gasteiger partial charge in [0.05, 0.1) is 12.7 Å². The largest absolute Gasteiger partial charge is 0.377 e. The lowest BCUT2D eigenvalue weighted by Gasteiger charge is -2.26. The van der Waals surface area contributed by atoms with Crippen LogP contribution in [0, 0.1) is 5.92 Å². The molecule has 1 aliphatic heterocycles. The molecule has 1 rings (SSSR count). The first-order chi connectivity index (χ1) is 7.22. The topological polar surface area (TPSA) is 47.3 Å². The second-order valence-corrected chi connectivity index (χ2v) is 5.76. The van der Waals surface area contributed by atoms with Gasteiger partial charge in [0.2, 0.25) is 0 Å². The van der Waals surface area contributed by atoms with E-state index in [1.54, 1.807) is 0 Å². The van der Waals surface area contributed by atoms with Crippen molar-refractivity contribution >= 4 is 11.8 Å². The van der Waals surface area contributed by atoms with E-state index >= 15 is 0 Å². The zero-order valence-corrected chi connectivity index (χ0v) is 10.7. The number of nitrogens with two attached hydrogens (primary N) is 1. The number of hydrogen-bond donors (Lipinski definition) is 2. The zero-order valence-electron chi connectivity index (χ0n) is 9.87. The van der Waals surface area contributed by atoms with Gasteiger partial charge in [-0.2, -0.15) is 11.8 Å². The zero-order chi connectivity index (χ0) is 11.1. The molecule has 90 valence electrons. The Balaban J connectivity index is 2.19. The predicted molar refractivity (Wildman–Crippen MR) is 66.9 cm³/mol. The van der Waals surface area contributed by atoms with Crippen LogP contribution >= 0.6 is 11.8 Å². The summed E-state index contributed by atoms with van der Waals surface area (Å²) < 4.78 is 5.59. The summed E-state index contributed by atoms with van der Waals surface area (Å²) in [5.74, 6) is 9.00. The molecule has 0 bridgehead atoms. The van der Waals surface area contributed by atoms with E-state index in [9.17, 15) is 0 Å². The fourth-order valence-electron chi connectivity index (χ4n) is 1.88. The Morgan fingerprint density at radius 3 is 2.60 bits per heavy atom. The monoisotopic (exact) mass is 232 g/mol. The van der Waals surface area contributed by atoms with Crippen LogP contribution in [-0.4, -0.2) is 30.3 Å². The minimum absolute atomic E-state index is 0.294. The van der Waals surface area contributed by atoms with Crippen molar-refractivity contribution in [3.8, 4) is 0 Å². The highest BCUT2D eigenvalue weighted by molar-refractivity contribution is 7.99. The fourth-order valence-corrected chi connectivity index (χ4v) is 3.08. The van der Waals surface area contributed by atoms with E-state index in [1.165, 1.54) is 24.3 Å². The normalized spacial score (nSPS) is 20.8. The maximum atomic E-state index is 5.59. The Hall–Kier alpha value is 0.230. The molecule has 0 aromatic rings. The Bertz CT molecular complexity index is 161. The van der Waals surface area contributed by atoms with Crippen LogP contribution < -0.4 is 11.3 Å². The molecule has 0 aromatic carbocycles. The number of rotatable bonds is 6. The third-order valence-corrected chi connectivity index (χ3v) is 3.87. The average Bonchev–Trinajstić information content (AvgIpc) is 2.25. The van der Waals surface area contributed by atoms with Crippen molar-refractivity contribution in [2.75, 3.05) is 18.1 Å². The standard InChI is InChI=1S/C11H24N2OS/c1-9(2)14-8-11(13-12)7-10-3-5-15-6-4-10/h9-11,13H,3-8,12H2,1-2H3. The summed E-state index contributed by atoms with van der Waals surface area (Å²) in [6, 6.07) is 0.320. The minimum atomic E-state index is 0.294. The highest BCUT2D eigenvalue weighted by atomic mass is 32.2. The molecule has 0 spiro atoms. The summed E-state index contributed by atoms with van der Waals surface area (Å²) in [5.41, 5.74) is 2.87. The maximum Gasteiger partial charge on any atom is 0.0636 e. The summed E-state index contributed by atoms with van der Waals surface area (Å²) in [6.07, 6.45) is 4.13. The van der Waals surface area contributed by atoms with Crippen molar-refractivity contribution in [2.24, 2.45) is 11.8 Å². The maximum absolute atomic E-state index is 5.59. The Labute approximate surface area is 97.5 Å². The molecule has 3 N–H and O–H groups in total. The van der Waals surface area contributed by atoms with Crippen molar-refractivity contribution < 1.29 is 4.74 Å². The van der Waals surface area contributed by atoms with Crippen molar-refractivity contribution in [3.63, 3.8) is 0 Å². The van der Waals surface area contributed by atoms with Crippen molar-refractivity contribution in [1.29, 1.82) is 0 Å². The summed E-state index contributed by atoms with van der Waals surface area (Å²) in [5, 5.41) is 0.